The Labute approximate surface area is 113 Å². The van der Waals surface area contributed by atoms with Crippen LogP contribution in [0.5, 0.6) is 0 Å². The first kappa shape index (κ1) is 13.1. The Morgan fingerprint density at radius 3 is 2.44 bits per heavy atom. The highest BCUT2D eigenvalue weighted by atomic mass is 35.5. The van der Waals surface area contributed by atoms with Crippen LogP contribution >= 0.6 is 11.6 Å². The molecule has 1 aromatic heterocycles. The second kappa shape index (κ2) is 6.03. The Morgan fingerprint density at radius 2 is 1.89 bits per heavy atom. The molecule has 18 heavy (non-hydrogen) atoms. The summed E-state index contributed by atoms with van der Waals surface area (Å²) in [5.41, 5.74) is 2.52. The number of hydrogen-bond acceptors (Lipinski definition) is 2. The van der Waals surface area contributed by atoms with Gasteiger partial charge in [0.05, 0.1) is 17.8 Å². The molecule has 0 aliphatic rings. The van der Waals surface area contributed by atoms with Crippen molar-refractivity contribution in [2.24, 2.45) is 0 Å². The van der Waals surface area contributed by atoms with Gasteiger partial charge >= 0.3 is 0 Å². The molecule has 0 bridgehead atoms. The summed E-state index contributed by atoms with van der Waals surface area (Å²) in [6.45, 7) is 5.96. The van der Waals surface area contributed by atoms with Gasteiger partial charge in [0.2, 0.25) is 0 Å². The number of nitrogens with one attached hydrogen (secondary N) is 1. The number of aromatic nitrogens is 2. The van der Waals surface area contributed by atoms with Crippen LogP contribution in [0.2, 0.25) is 5.02 Å². The SMILES string of the molecule is CC(C)NCc1ccc(Cn2cc(Cl)cn2)cc1. The lowest BCUT2D eigenvalue weighted by atomic mass is 10.1. The van der Waals surface area contributed by atoms with Crippen molar-refractivity contribution in [3.63, 3.8) is 0 Å². The summed E-state index contributed by atoms with van der Waals surface area (Å²) in [5, 5.41) is 8.24. The zero-order chi connectivity index (χ0) is 13.0. The molecule has 1 aromatic carbocycles. The molecule has 4 heteroatoms. The number of halogens is 1. The summed E-state index contributed by atoms with van der Waals surface area (Å²) in [6.07, 6.45) is 3.48. The lowest BCUT2D eigenvalue weighted by Crippen LogP contribution is -2.21. The first-order valence-electron chi connectivity index (χ1n) is 6.12. The highest BCUT2D eigenvalue weighted by molar-refractivity contribution is 6.30. The summed E-state index contributed by atoms with van der Waals surface area (Å²) < 4.78 is 1.84. The summed E-state index contributed by atoms with van der Waals surface area (Å²) in [6, 6.07) is 9.07. The van der Waals surface area contributed by atoms with Crippen LogP contribution in [0.4, 0.5) is 0 Å². The van der Waals surface area contributed by atoms with Crippen LogP contribution in [-0.4, -0.2) is 15.8 Å². The molecule has 0 fully saturated rings. The zero-order valence-corrected chi connectivity index (χ0v) is 11.5. The fourth-order valence-electron chi connectivity index (χ4n) is 1.70. The standard InChI is InChI=1S/C14H18ClN3/c1-11(2)16-7-12-3-5-13(6-4-12)9-18-10-14(15)8-17-18/h3-6,8,10-11,16H,7,9H2,1-2H3. The van der Waals surface area contributed by atoms with E-state index in [0.717, 1.165) is 13.1 Å². The van der Waals surface area contributed by atoms with E-state index in [1.807, 2.05) is 10.9 Å². The van der Waals surface area contributed by atoms with E-state index in [0.29, 0.717) is 11.1 Å². The Morgan fingerprint density at radius 1 is 1.22 bits per heavy atom. The van der Waals surface area contributed by atoms with Crippen LogP contribution < -0.4 is 5.32 Å². The molecule has 1 N–H and O–H groups in total. The van der Waals surface area contributed by atoms with Crippen LogP contribution in [0.1, 0.15) is 25.0 Å². The Hall–Kier alpha value is -1.32. The molecule has 0 spiro atoms. The van der Waals surface area contributed by atoms with Crippen molar-refractivity contribution in [3.05, 3.63) is 52.8 Å². The second-order valence-corrected chi connectivity index (χ2v) is 5.14. The maximum Gasteiger partial charge on any atom is 0.0785 e. The van der Waals surface area contributed by atoms with Gasteiger partial charge in [0.1, 0.15) is 0 Å². The third-order valence-corrected chi connectivity index (χ3v) is 2.88. The van der Waals surface area contributed by atoms with Gasteiger partial charge in [0.15, 0.2) is 0 Å². The van der Waals surface area contributed by atoms with Crippen molar-refractivity contribution < 1.29 is 0 Å². The number of hydrogen-bond donors (Lipinski definition) is 1. The molecular formula is C14H18ClN3. The van der Waals surface area contributed by atoms with E-state index in [-0.39, 0.29) is 0 Å². The smallest absolute Gasteiger partial charge is 0.0785 e. The largest absolute Gasteiger partial charge is 0.310 e. The maximum absolute atomic E-state index is 5.83. The van der Waals surface area contributed by atoms with E-state index in [1.165, 1.54) is 11.1 Å². The van der Waals surface area contributed by atoms with Crippen molar-refractivity contribution in [3.8, 4) is 0 Å². The van der Waals surface area contributed by atoms with Crippen molar-refractivity contribution in [1.82, 2.24) is 15.1 Å². The van der Waals surface area contributed by atoms with Crippen molar-refractivity contribution in [2.45, 2.75) is 33.0 Å². The van der Waals surface area contributed by atoms with Gasteiger partial charge in [0.25, 0.3) is 0 Å². The van der Waals surface area contributed by atoms with Gasteiger partial charge in [0, 0.05) is 18.8 Å². The average Bonchev–Trinajstić information content (AvgIpc) is 2.74. The van der Waals surface area contributed by atoms with Gasteiger partial charge in [-0.25, -0.2) is 0 Å². The molecule has 96 valence electrons. The number of benzene rings is 1. The van der Waals surface area contributed by atoms with Gasteiger partial charge < -0.3 is 5.32 Å². The first-order chi connectivity index (χ1) is 8.63. The number of rotatable bonds is 5. The second-order valence-electron chi connectivity index (χ2n) is 4.71. The van der Waals surface area contributed by atoms with Gasteiger partial charge in [-0.1, -0.05) is 49.7 Å². The molecule has 1 heterocycles. The van der Waals surface area contributed by atoms with Crippen molar-refractivity contribution in [1.29, 1.82) is 0 Å². The van der Waals surface area contributed by atoms with Gasteiger partial charge in [-0.05, 0) is 11.1 Å². The monoisotopic (exact) mass is 263 g/mol. The molecule has 0 amide bonds. The van der Waals surface area contributed by atoms with E-state index in [1.54, 1.807) is 6.20 Å². The van der Waals surface area contributed by atoms with Crippen LogP contribution in [0.3, 0.4) is 0 Å². The highest BCUT2D eigenvalue weighted by Crippen LogP contribution is 2.09. The Bertz CT molecular complexity index is 488. The number of nitrogens with zero attached hydrogens (tertiary/aromatic N) is 2. The third kappa shape index (κ3) is 3.86. The minimum Gasteiger partial charge on any atom is -0.310 e. The Balaban J connectivity index is 1.95. The molecule has 0 saturated heterocycles. The quantitative estimate of drug-likeness (QED) is 0.899. The molecular weight excluding hydrogens is 246 g/mol. The first-order valence-corrected chi connectivity index (χ1v) is 6.50. The van der Waals surface area contributed by atoms with Gasteiger partial charge in [-0.2, -0.15) is 5.10 Å². The molecule has 3 nitrogen and oxygen atoms in total. The molecule has 0 aliphatic heterocycles. The topological polar surface area (TPSA) is 29.9 Å². The van der Waals surface area contributed by atoms with Crippen LogP contribution in [0, 0.1) is 0 Å². The highest BCUT2D eigenvalue weighted by Gasteiger charge is 1.99. The van der Waals surface area contributed by atoms with Crippen LogP contribution in [-0.2, 0) is 13.1 Å². The van der Waals surface area contributed by atoms with Gasteiger partial charge in [-0.3, -0.25) is 4.68 Å². The Kier molecular flexibility index (Phi) is 4.39. The lowest BCUT2D eigenvalue weighted by molar-refractivity contribution is 0.588. The summed E-state index contributed by atoms with van der Waals surface area (Å²) in [7, 11) is 0. The van der Waals surface area contributed by atoms with E-state index >= 15 is 0 Å². The minimum atomic E-state index is 0.510. The van der Waals surface area contributed by atoms with E-state index in [2.05, 4.69) is 48.5 Å². The summed E-state index contributed by atoms with van der Waals surface area (Å²) in [5.74, 6) is 0. The fourth-order valence-corrected chi connectivity index (χ4v) is 1.85. The summed E-state index contributed by atoms with van der Waals surface area (Å²) in [4.78, 5) is 0. The zero-order valence-electron chi connectivity index (χ0n) is 10.7. The van der Waals surface area contributed by atoms with E-state index < -0.39 is 0 Å². The van der Waals surface area contributed by atoms with Crippen molar-refractivity contribution >= 4 is 11.6 Å². The predicted octanol–water partition coefficient (Wildman–Crippen LogP) is 3.08. The van der Waals surface area contributed by atoms with Crippen molar-refractivity contribution in [2.75, 3.05) is 0 Å². The maximum atomic E-state index is 5.83. The molecule has 0 radical (unpaired) electrons. The molecule has 0 saturated carbocycles. The normalized spacial score (nSPS) is 11.1. The van der Waals surface area contributed by atoms with Crippen LogP contribution in [0.15, 0.2) is 36.7 Å². The molecule has 2 rings (SSSR count). The fraction of sp³-hybridized carbons (Fsp3) is 0.357. The molecule has 0 unspecified atom stereocenters. The third-order valence-electron chi connectivity index (χ3n) is 2.68. The van der Waals surface area contributed by atoms with Gasteiger partial charge in [-0.15, -0.1) is 0 Å². The van der Waals surface area contributed by atoms with E-state index in [9.17, 15) is 0 Å². The molecule has 0 atom stereocenters. The molecule has 0 aliphatic carbocycles. The summed E-state index contributed by atoms with van der Waals surface area (Å²) >= 11 is 5.83. The average molecular weight is 264 g/mol. The van der Waals surface area contributed by atoms with Crippen LogP contribution in [0.25, 0.3) is 0 Å². The minimum absolute atomic E-state index is 0.510. The predicted molar refractivity (Wildman–Crippen MR) is 74.8 cm³/mol. The van der Waals surface area contributed by atoms with E-state index in [4.69, 9.17) is 11.6 Å². The lowest BCUT2D eigenvalue weighted by Gasteiger charge is -2.08. The molecule has 2 aromatic rings.